The molecule has 2 N–H and O–H groups in total. The molecule has 0 rings (SSSR count). The molecule has 0 spiro atoms. The van der Waals surface area contributed by atoms with Gasteiger partial charge in [-0.1, -0.05) is 0 Å². The summed E-state index contributed by atoms with van der Waals surface area (Å²) in [6.07, 6.45) is -32.5. The second-order valence-corrected chi connectivity index (χ2v) is 11.7. The summed E-state index contributed by atoms with van der Waals surface area (Å²) in [7, 11) is -4.48. The van der Waals surface area contributed by atoms with Crippen LogP contribution in [0.15, 0.2) is 0 Å². The van der Waals surface area contributed by atoms with Crippen molar-refractivity contribution in [2.75, 3.05) is 17.3 Å². The minimum atomic E-state index is -6.88. The first-order valence-electron chi connectivity index (χ1n) is 10.3. The van der Waals surface area contributed by atoms with E-state index >= 15 is 0 Å². The first kappa shape index (κ1) is 36.8. The van der Waals surface area contributed by atoms with Gasteiger partial charge in [0, 0.05) is 18.6 Å². The summed E-state index contributed by atoms with van der Waals surface area (Å²) in [4.78, 5) is 11.8. The molecular weight excluding hydrogens is 605 g/mol. The van der Waals surface area contributed by atoms with Crippen molar-refractivity contribution in [2.45, 2.75) is 75.4 Å². The molecule has 0 bridgehead atoms. The minimum Gasteiger partial charge on any atom is -0.350 e. The highest BCUT2D eigenvalue weighted by molar-refractivity contribution is 7.99. The maximum atomic E-state index is 13.8. The number of rotatable bonds is 13. The van der Waals surface area contributed by atoms with Crippen LogP contribution >= 0.6 is 11.8 Å². The molecule has 0 saturated carbocycles. The third-order valence-electron chi connectivity index (χ3n) is 5.03. The molecule has 0 saturated heterocycles. The van der Waals surface area contributed by atoms with E-state index in [0.717, 1.165) is 0 Å². The molecule has 2 atom stereocenters. The van der Waals surface area contributed by atoms with Gasteiger partial charge >= 0.3 is 24.7 Å². The molecule has 0 radical (unpaired) electrons. The van der Waals surface area contributed by atoms with Crippen molar-refractivity contribution >= 4 is 27.8 Å². The van der Waals surface area contributed by atoms with Crippen molar-refractivity contribution in [1.82, 2.24) is 5.32 Å². The van der Waals surface area contributed by atoms with E-state index in [1.54, 1.807) is 0 Å². The lowest BCUT2D eigenvalue weighted by Crippen LogP contribution is -2.55. The Morgan fingerprint density at radius 2 is 1.26 bits per heavy atom. The number of nitrogens with one attached hydrogen (secondary N) is 1. The van der Waals surface area contributed by atoms with Gasteiger partial charge in [-0.25, -0.2) is 4.39 Å². The molecule has 5 nitrogen and oxygen atoms in total. The number of carbonyl (C=O) groups is 1. The van der Waals surface area contributed by atoms with Gasteiger partial charge in [0.05, 0.1) is 23.1 Å². The van der Waals surface area contributed by atoms with Gasteiger partial charge in [-0.2, -0.15) is 72.9 Å². The molecule has 0 aliphatic rings. The van der Waals surface area contributed by atoms with E-state index in [1.165, 1.54) is 13.8 Å². The second kappa shape index (κ2) is 12.6. The molecule has 228 valence electrons. The summed E-state index contributed by atoms with van der Waals surface area (Å²) in [5.74, 6) is -9.56. The Bertz CT molecular complexity index is 867. The number of carbonyl (C=O) groups excluding carboxylic acids is 1. The molecule has 0 aromatic carbocycles. The fraction of sp³-hybridized carbons (Fsp3) is 0.944. The summed E-state index contributed by atoms with van der Waals surface area (Å²) in [6, 6.07) is 0. The topological polar surface area (TPSA) is 83.5 Å². The molecule has 0 aromatic rings. The Labute approximate surface area is 213 Å². The van der Waals surface area contributed by atoms with Gasteiger partial charge in [-0.15, -0.1) is 0 Å². The summed E-state index contributed by atoms with van der Waals surface area (Å²) in [6.45, 7) is 2.45. The number of halogens is 13. The van der Waals surface area contributed by atoms with E-state index in [2.05, 4.69) is 5.32 Å². The number of hydrogen-bond donors (Lipinski definition) is 2. The molecule has 0 heterocycles. The van der Waals surface area contributed by atoms with E-state index in [1.807, 2.05) is 0 Å². The van der Waals surface area contributed by atoms with Gasteiger partial charge in [-0.3, -0.25) is 9.35 Å². The van der Waals surface area contributed by atoms with Crippen LogP contribution in [0.3, 0.4) is 0 Å². The Kier molecular flexibility index (Phi) is 12.2. The zero-order valence-corrected chi connectivity index (χ0v) is 21.1. The smallest absolute Gasteiger partial charge is 0.350 e. The van der Waals surface area contributed by atoms with Crippen molar-refractivity contribution in [3.8, 4) is 0 Å². The van der Waals surface area contributed by atoms with Crippen LogP contribution in [-0.2, 0) is 14.9 Å². The average molecular weight is 630 g/mol. The second-order valence-electron chi connectivity index (χ2n) is 9.02. The first-order chi connectivity index (χ1) is 16.5. The van der Waals surface area contributed by atoms with Crippen LogP contribution in [0.1, 0.15) is 39.5 Å². The van der Waals surface area contributed by atoms with Crippen LogP contribution in [0, 0.1) is 11.8 Å². The number of alkyl halides is 13. The van der Waals surface area contributed by atoms with Gasteiger partial charge in [0.15, 0.2) is 0 Å². The summed E-state index contributed by atoms with van der Waals surface area (Å²) < 4.78 is 200. The van der Waals surface area contributed by atoms with Crippen LogP contribution in [0.2, 0.25) is 0 Å². The fourth-order valence-electron chi connectivity index (χ4n) is 3.25. The molecule has 1 amide bonds. The zero-order valence-electron chi connectivity index (χ0n) is 19.5. The zero-order chi connectivity index (χ0) is 30.6. The third-order valence-corrected chi connectivity index (χ3v) is 7.13. The molecular formula is C18H24F13NO4S2. The third kappa shape index (κ3) is 12.3. The van der Waals surface area contributed by atoms with E-state index in [4.69, 9.17) is 4.55 Å². The van der Waals surface area contributed by atoms with Crippen molar-refractivity contribution in [3.63, 3.8) is 0 Å². The van der Waals surface area contributed by atoms with Crippen LogP contribution in [0.4, 0.5) is 57.1 Å². The lowest BCUT2D eigenvalue weighted by atomic mass is 9.83. The molecule has 2 unspecified atom stereocenters. The Hall–Kier alpha value is -1.18. The fourth-order valence-corrected chi connectivity index (χ4v) is 5.22. The predicted octanol–water partition coefficient (Wildman–Crippen LogP) is 6.25. The molecule has 0 fully saturated rings. The predicted molar refractivity (Wildman–Crippen MR) is 109 cm³/mol. The number of hydrogen-bond acceptors (Lipinski definition) is 4. The molecule has 0 aromatic heterocycles. The lowest BCUT2D eigenvalue weighted by molar-refractivity contribution is -0.353. The summed E-state index contributed by atoms with van der Waals surface area (Å²) in [5, 5.41) is 2.21. The van der Waals surface area contributed by atoms with Crippen LogP contribution in [0.5, 0.6) is 0 Å². The standard InChI is InChI=1S/C18H24F13NO4S2/c1-13(2,9-38(34,35)36)32-12(33)4-6-37-5-3-10(15(20,21)22)7-11(16(23,24)25)8-14(19,17(26,27)28)18(29,30)31/h10-11H,3-9H2,1-2H3,(H,32,33)(H,34,35,36). The first-order valence-corrected chi connectivity index (χ1v) is 13.1. The maximum absolute atomic E-state index is 13.8. The minimum absolute atomic E-state index is 0.253. The van der Waals surface area contributed by atoms with Crippen LogP contribution < -0.4 is 5.32 Å². The van der Waals surface area contributed by atoms with Crippen molar-refractivity contribution in [2.24, 2.45) is 11.8 Å². The van der Waals surface area contributed by atoms with Gasteiger partial charge in [0.2, 0.25) is 5.91 Å². The monoisotopic (exact) mass is 629 g/mol. The Balaban J connectivity index is 5.33. The molecule has 20 heteroatoms. The highest BCUT2D eigenvalue weighted by atomic mass is 32.2. The normalized spacial score (nSPS) is 16.3. The SMILES string of the molecule is CC(C)(CS(=O)(=O)O)NC(=O)CCSCCC(CC(CC(F)(C(F)(F)F)C(F)(F)F)C(F)(F)F)C(F)(F)F. The lowest BCUT2D eigenvalue weighted by Gasteiger charge is -2.35. The highest BCUT2D eigenvalue weighted by Crippen LogP contribution is 2.53. The van der Waals surface area contributed by atoms with Gasteiger partial charge < -0.3 is 5.32 Å². The van der Waals surface area contributed by atoms with Gasteiger partial charge in [0.1, 0.15) is 0 Å². The molecule has 0 aliphatic carbocycles. The quantitative estimate of drug-likeness (QED) is 0.143. The van der Waals surface area contributed by atoms with E-state index in [9.17, 15) is 70.3 Å². The Morgan fingerprint density at radius 1 is 0.816 bits per heavy atom. The largest absolute Gasteiger partial charge is 0.431 e. The van der Waals surface area contributed by atoms with E-state index < -0.39 is 101 Å². The highest BCUT2D eigenvalue weighted by Gasteiger charge is 2.74. The van der Waals surface area contributed by atoms with Crippen molar-refractivity contribution < 1.29 is 74.8 Å². The molecule has 0 aliphatic heterocycles. The number of amides is 1. The Morgan fingerprint density at radius 3 is 1.63 bits per heavy atom. The molecule has 38 heavy (non-hydrogen) atoms. The van der Waals surface area contributed by atoms with Gasteiger partial charge in [0.25, 0.3) is 15.8 Å². The van der Waals surface area contributed by atoms with E-state index in [-0.39, 0.29) is 5.75 Å². The maximum Gasteiger partial charge on any atom is 0.431 e. The van der Waals surface area contributed by atoms with E-state index in [0.29, 0.717) is 11.8 Å². The van der Waals surface area contributed by atoms with Crippen LogP contribution in [-0.4, -0.2) is 72.0 Å². The summed E-state index contributed by atoms with van der Waals surface area (Å²) in [5.41, 5.74) is -7.84. The summed E-state index contributed by atoms with van der Waals surface area (Å²) >= 11 is 0.578. The van der Waals surface area contributed by atoms with Gasteiger partial charge in [-0.05, 0) is 32.4 Å². The number of thioether (sulfide) groups is 1. The van der Waals surface area contributed by atoms with Crippen LogP contribution in [0.25, 0.3) is 0 Å². The average Bonchev–Trinajstić information content (AvgIpc) is 2.59. The van der Waals surface area contributed by atoms with Crippen molar-refractivity contribution in [3.05, 3.63) is 0 Å². The van der Waals surface area contributed by atoms with Crippen molar-refractivity contribution in [1.29, 1.82) is 0 Å².